The van der Waals surface area contributed by atoms with Crippen LogP contribution in [0.5, 0.6) is 0 Å². The van der Waals surface area contributed by atoms with Crippen LogP contribution in [-0.2, 0) is 16.1 Å². The number of hydrogen-bond donors (Lipinski definition) is 1. The highest BCUT2D eigenvalue weighted by Gasteiger charge is 2.34. The third-order valence-electron chi connectivity index (χ3n) is 3.67. The summed E-state index contributed by atoms with van der Waals surface area (Å²) < 4.78 is 10.4. The van der Waals surface area contributed by atoms with Gasteiger partial charge < -0.3 is 19.7 Å². The summed E-state index contributed by atoms with van der Waals surface area (Å²) in [5, 5.41) is 3.38. The zero-order valence-electron chi connectivity index (χ0n) is 15.2. The Morgan fingerprint density at radius 1 is 1.46 bits per heavy atom. The van der Waals surface area contributed by atoms with E-state index in [0.717, 1.165) is 25.3 Å². The molecular weight excluding hydrogens is 308 g/mol. The largest absolute Gasteiger partial charge is 0.444 e. The van der Waals surface area contributed by atoms with E-state index >= 15 is 0 Å². The van der Waals surface area contributed by atoms with E-state index in [-0.39, 0.29) is 12.1 Å². The van der Waals surface area contributed by atoms with Crippen LogP contribution in [0.4, 0.5) is 10.6 Å². The molecule has 1 aliphatic rings. The van der Waals surface area contributed by atoms with Gasteiger partial charge in [-0.1, -0.05) is 0 Å². The first kappa shape index (κ1) is 18.4. The molecule has 1 N–H and O–H groups in total. The molecule has 0 spiro atoms. The number of rotatable bonds is 6. The fourth-order valence-electron chi connectivity index (χ4n) is 2.68. The molecule has 1 fully saturated rings. The molecule has 2 heterocycles. The molecule has 0 saturated carbocycles. The van der Waals surface area contributed by atoms with Crippen LogP contribution in [0.15, 0.2) is 12.3 Å². The Morgan fingerprint density at radius 2 is 2.17 bits per heavy atom. The molecule has 0 aliphatic carbocycles. The van der Waals surface area contributed by atoms with Gasteiger partial charge in [-0.2, -0.15) is 0 Å². The van der Waals surface area contributed by atoms with Crippen molar-refractivity contribution in [1.29, 1.82) is 0 Å². The number of aromatic nitrogens is 2. The summed E-state index contributed by atoms with van der Waals surface area (Å²) in [6.45, 7) is 9.67. The molecule has 0 radical (unpaired) electrons. The fourth-order valence-corrected chi connectivity index (χ4v) is 2.68. The Balaban J connectivity index is 1.74. The van der Waals surface area contributed by atoms with E-state index in [2.05, 4.69) is 22.2 Å². The molecule has 0 bridgehead atoms. The number of carbonyl (C=O) groups is 1. The smallest absolute Gasteiger partial charge is 0.410 e. The van der Waals surface area contributed by atoms with Crippen LogP contribution in [0, 0.1) is 5.92 Å². The SMILES string of the molecule is COCc1nccc(NC(C)CC2CN(C(=O)OC(C)(C)C)C2)n1. The summed E-state index contributed by atoms with van der Waals surface area (Å²) in [6, 6.07) is 2.12. The minimum atomic E-state index is -0.441. The van der Waals surface area contributed by atoms with Crippen LogP contribution in [0.2, 0.25) is 0 Å². The molecule has 1 amide bonds. The second kappa shape index (κ2) is 7.79. The van der Waals surface area contributed by atoms with Crippen molar-refractivity contribution >= 4 is 11.9 Å². The maximum absolute atomic E-state index is 11.9. The average Bonchev–Trinajstić information content (AvgIpc) is 2.41. The Hall–Kier alpha value is -1.89. The van der Waals surface area contributed by atoms with Crippen molar-refractivity contribution in [2.75, 3.05) is 25.5 Å². The first-order chi connectivity index (χ1) is 11.3. The van der Waals surface area contributed by atoms with Crippen molar-refractivity contribution < 1.29 is 14.3 Å². The first-order valence-corrected chi connectivity index (χ1v) is 8.32. The number of anilines is 1. The second-order valence-corrected chi connectivity index (χ2v) is 7.32. The molecule has 7 heteroatoms. The number of methoxy groups -OCH3 is 1. The van der Waals surface area contributed by atoms with Crippen LogP contribution in [0.3, 0.4) is 0 Å². The topological polar surface area (TPSA) is 76.6 Å². The predicted octanol–water partition coefficient (Wildman–Crippen LogP) is 2.68. The molecule has 134 valence electrons. The van der Waals surface area contributed by atoms with Gasteiger partial charge in [0.05, 0.1) is 0 Å². The molecule has 1 unspecified atom stereocenters. The highest BCUT2D eigenvalue weighted by molar-refractivity contribution is 5.69. The van der Waals surface area contributed by atoms with Crippen molar-refractivity contribution in [2.24, 2.45) is 5.92 Å². The number of hydrogen-bond acceptors (Lipinski definition) is 6. The Labute approximate surface area is 143 Å². The van der Waals surface area contributed by atoms with E-state index in [4.69, 9.17) is 9.47 Å². The molecule has 7 nitrogen and oxygen atoms in total. The van der Waals surface area contributed by atoms with Crippen molar-refractivity contribution in [2.45, 2.75) is 52.4 Å². The predicted molar refractivity (Wildman–Crippen MR) is 91.7 cm³/mol. The minimum absolute atomic E-state index is 0.223. The van der Waals surface area contributed by atoms with Crippen molar-refractivity contribution in [1.82, 2.24) is 14.9 Å². The molecular formula is C17H28N4O3. The Kier molecular flexibility index (Phi) is 5.99. The summed E-state index contributed by atoms with van der Waals surface area (Å²) in [4.78, 5) is 22.2. The van der Waals surface area contributed by atoms with Gasteiger partial charge in [0.25, 0.3) is 0 Å². The molecule has 1 aromatic heterocycles. The second-order valence-electron chi connectivity index (χ2n) is 7.32. The number of amides is 1. The summed E-state index contributed by atoms with van der Waals surface area (Å²) in [5.74, 6) is 1.95. The lowest BCUT2D eigenvalue weighted by atomic mass is 9.93. The maximum atomic E-state index is 11.9. The van der Waals surface area contributed by atoms with Crippen LogP contribution in [0.1, 0.15) is 39.9 Å². The van der Waals surface area contributed by atoms with Crippen molar-refractivity contribution in [3.63, 3.8) is 0 Å². The standard InChI is InChI=1S/C17H28N4O3/c1-12(19-14-6-7-18-15(20-14)11-23-5)8-13-9-21(10-13)16(22)24-17(2,3)4/h6-7,12-13H,8-11H2,1-5H3,(H,18,19,20). The minimum Gasteiger partial charge on any atom is -0.444 e. The molecule has 1 saturated heterocycles. The summed E-state index contributed by atoms with van der Waals surface area (Å²) in [6.07, 6.45) is 2.48. The van der Waals surface area contributed by atoms with Crippen LogP contribution < -0.4 is 5.32 Å². The lowest BCUT2D eigenvalue weighted by molar-refractivity contribution is -0.00257. The summed E-state index contributed by atoms with van der Waals surface area (Å²) in [5.41, 5.74) is -0.441. The molecule has 1 aromatic rings. The van der Waals surface area contributed by atoms with Gasteiger partial charge in [0, 0.05) is 32.4 Å². The Morgan fingerprint density at radius 3 is 2.79 bits per heavy atom. The van der Waals surface area contributed by atoms with E-state index in [9.17, 15) is 4.79 Å². The van der Waals surface area contributed by atoms with Crippen molar-refractivity contribution in [3.05, 3.63) is 18.1 Å². The van der Waals surface area contributed by atoms with Crippen molar-refractivity contribution in [3.8, 4) is 0 Å². The summed E-state index contributed by atoms with van der Waals surface area (Å²) in [7, 11) is 1.62. The first-order valence-electron chi connectivity index (χ1n) is 8.32. The highest BCUT2D eigenvalue weighted by Crippen LogP contribution is 2.24. The Bertz CT molecular complexity index is 553. The van der Waals surface area contributed by atoms with Crippen LogP contribution in [0.25, 0.3) is 0 Å². The number of likely N-dealkylation sites (tertiary alicyclic amines) is 1. The van der Waals surface area contributed by atoms with E-state index in [1.54, 1.807) is 18.2 Å². The van der Waals surface area contributed by atoms with Gasteiger partial charge in [0.1, 0.15) is 18.0 Å². The van der Waals surface area contributed by atoms with E-state index in [0.29, 0.717) is 18.3 Å². The van der Waals surface area contributed by atoms with E-state index in [1.807, 2.05) is 26.8 Å². The third kappa shape index (κ3) is 5.63. The van der Waals surface area contributed by atoms with Gasteiger partial charge in [0.15, 0.2) is 5.82 Å². The van der Waals surface area contributed by atoms with Crippen LogP contribution in [-0.4, -0.2) is 52.8 Å². The normalized spacial score (nSPS) is 16.5. The molecule has 1 atom stereocenters. The number of nitrogens with one attached hydrogen (secondary N) is 1. The lowest BCUT2D eigenvalue weighted by Crippen LogP contribution is -2.52. The molecule has 0 aromatic carbocycles. The zero-order valence-corrected chi connectivity index (χ0v) is 15.2. The van der Waals surface area contributed by atoms with Crippen LogP contribution >= 0.6 is 0 Å². The van der Waals surface area contributed by atoms with Gasteiger partial charge >= 0.3 is 6.09 Å². The van der Waals surface area contributed by atoms with E-state index in [1.165, 1.54) is 0 Å². The number of nitrogens with zero attached hydrogens (tertiary/aromatic N) is 3. The molecule has 1 aliphatic heterocycles. The molecule has 2 rings (SSSR count). The third-order valence-corrected chi connectivity index (χ3v) is 3.67. The quantitative estimate of drug-likeness (QED) is 0.861. The van der Waals surface area contributed by atoms with Gasteiger partial charge in [0.2, 0.25) is 0 Å². The summed E-state index contributed by atoms with van der Waals surface area (Å²) >= 11 is 0. The number of ether oxygens (including phenoxy) is 2. The van der Waals surface area contributed by atoms with Gasteiger partial charge in [-0.25, -0.2) is 14.8 Å². The molecule has 24 heavy (non-hydrogen) atoms. The maximum Gasteiger partial charge on any atom is 0.410 e. The zero-order chi connectivity index (χ0) is 17.7. The monoisotopic (exact) mass is 336 g/mol. The average molecular weight is 336 g/mol. The number of carbonyl (C=O) groups excluding carboxylic acids is 1. The fraction of sp³-hybridized carbons (Fsp3) is 0.706. The van der Waals surface area contributed by atoms with Gasteiger partial charge in [-0.15, -0.1) is 0 Å². The van der Waals surface area contributed by atoms with E-state index < -0.39 is 5.60 Å². The van der Waals surface area contributed by atoms with Gasteiger partial charge in [-0.05, 0) is 46.1 Å². The lowest BCUT2D eigenvalue weighted by Gasteiger charge is -2.40. The van der Waals surface area contributed by atoms with Gasteiger partial charge in [-0.3, -0.25) is 0 Å². The highest BCUT2D eigenvalue weighted by atomic mass is 16.6.